The van der Waals surface area contributed by atoms with Crippen LogP contribution >= 0.6 is 10.9 Å². The smallest absolute Gasteiger partial charge is 0.0842 e. The van der Waals surface area contributed by atoms with E-state index in [-0.39, 0.29) is 10.9 Å². The highest BCUT2D eigenvalue weighted by Crippen LogP contribution is 2.33. The Morgan fingerprint density at radius 1 is 1.50 bits per heavy atom. The lowest BCUT2D eigenvalue weighted by molar-refractivity contribution is 0.0834. The summed E-state index contributed by atoms with van der Waals surface area (Å²) in [4.78, 5) is 0. The molecule has 2 rings (SSSR count). The van der Waals surface area contributed by atoms with Crippen LogP contribution in [0.25, 0.3) is 0 Å². The quantitative estimate of drug-likeness (QED) is 0.617. The highest BCUT2D eigenvalue weighted by molar-refractivity contribution is 8.40. The molecule has 0 saturated carbocycles. The van der Waals surface area contributed by atoms with Crippen LogP contribution in [0.3, 0.4) is 0 Å². The summed E-state index contributed by atoms with van der Waals surface area (Å²) in [6.07, 6.45) is 4.49. The number of thiol groups is 1. The van der Waals surface area contributed by atoms with Crippen molar-refractivity contribution in [3.8, 4) is 0 Å². The standard InChI is InChI=1S/C8H14N2OS/c1-12-6-9-10-8(12)7-2-4-11-5-3-7/h6-7,12H,2-5H2,1H3. The molecule has 3 nitrogen and oxygen atoms in total. The predicted octanol–water partition coefficient (Wildman–Crippen LogP) is 1.40. The first-order chi connectivity index (χ1) is 5.88. The Morgan fingerprint density at radius 3 is 2.83 bits per heavy atom. The lowest BCUT2D eigenvalue weighted by Crippen LogP contribution is -2.22. The van der Waals surface area contributed by atoms with Gasteiger partial charge in [0.1, 0.15) is 0 Å². The number of nitrogens with zero attached hydrogens (tertiary/aromatic N) is 2. The van der Waals surface area contributed by atoms with Crippen LogP contribution in [-0.4, -0.2) is 30.1 Å². The maximum Gasteiger partial charge on any atom is 0.0842 e. The molecule has 2 aliphatic heterocycles. The van der Waals surface area contributed by atoms with Gasteiger partial charge < -0.3 is 4.74 Å². The lowest BCUT2D eigenvalue weighted by Gasteiger charge is -2.24. The molecule has 68 valence electrons. The Bertz CT molecular complexity index is 221. The monoisotopic (exact) mass is 186 g/mol. The maximum atomic E-state index is 5.31. The van der Waals surface area contributed by atoms with Gasteiger partial charge in [0.25, 0.3) is 0 Å². The molecule has 0 amide bonds. The molecule has 4 heteroatoms. The number of rotatable bonds is 1. The molecular weight excluding hydrogens is 172 g/mol. The van der Waals surface area contributed by atoms with Crippen molar-refractivity contribution in [2.24, 2.45) is 16.1 Å². The summed E-state index contributed by atoms with van der Waals surface area (Å²) in [5.74, 6) is 0.650. The molecule has 0 aromatic carbocycles. The molecule has 1 saturated heterocycles. The third-order valence-electron chi connectivity index (χ3n) is 2.33. The predicted molar refractivity (Wildman–Crippen MR) is 54.4 cm³/mol. The van der Waals surface area contributed by atoms with Gasteiger partial charge in [0, 0.05) is 19.1 Å². The molecule has 1 fully saturated rings. The molecule has 12 heavy (non-hydrogen) atoms. The summed E-state index contributed by atoms with van der Waals surface area (Å²) in [7, 11) is -0.149. The second-order valence-corrected chi connectivity index (χ2v) is 5.10. The SMILES string of the molecule is C[SH]1C=NN=C1C1CCOCC1. The average molecular weight is 186 g/mol. The van der Waals surface area contributed by atoms with Crippen molar-refractivity contribution in [3.05, 3.63) is 0 Å². The number of ether oxygens (including phenoxy) is 1. The Morgan fingerprint density at radius 2 is 2.25 bits per heavy atom. The van der Waals surface area contributed by atoms with E-state index in [1.807, 2.05) is 5.55 Å². The van der Waals surface area contributed by atoms with Crippen molar-refractivity contribution in [1.82, 2.24) is 0 Å². The second kappa shape index (κ2) is 3.58. The van der Waals surface area contributed by atoms with E-state index in [0.717, 1.165) is 26.1 Å². The van der Waals surface area contributed by atoms with Crippen LogP contribution in [0.1, 0.15) is 12.8 Å². The zero-order chi connectivity index (χ0) is 8.39. The van der Waals surface area contributed by atoms with Crippen LogP contribution in [0.4, 0.5) is 0 Å². The average Bonchev–Trinajstić information content (AvgIpc) is 2.53. The fourth-order valence-corrected chi connectivity index (χ4v) is 2.97. The van der Waals surface area contributed by atoms with Crippen molar-refractivity contribution in [2.45, 2.75) is 12.8 Å². The summed E-state index contributed by atoms with van der Waals surface area (Å²) in [5.41, 5.74) is 1.99. The summed E-state index contributed by atoms with van der Waals surface area (Å²) in [6.45, 7) is 1.79. The van der Waals surface area contributed by atoms with E-state index in [9.17, 15) is 0 Å². The molecule has 2 aliphatic rings. The second-order valence-electron chi connectivity index (χ2n) is 3.19. The molecule has 1 atom stereocenters. The molecule has 0 aromatic heterocycles. The zero-order valence-electron chi connectivity index (χ0n) is 7.23. The maximum absolute atomic E-state index is 5.31. The van der Waals surface area contributed by atoms with Gasteiger partial charge in [0.15, 0.2) is 0 Å². The van der Waals surface area contributed by atoms with Gasteiger partial charge in [-0.3, -0.25) is 0 Å². The van der Waals surface area contributed by atoms with Crippen molar-refractivity contribution in [1.29, 1.82) is 0 Å². The summed E-state index contributed by atoms with van der Waals surface area (Å²) in [5, 5.41) is 9.50. The Hall–Kier alpha value is -0.350. The Balaban J connectivity index is 1.99. The molecule has 2 heterocycles. The summed E-state index contributed by atoms with van der Waals surface area (Å²) < 4.78 is 5.31. The topological polar surface area (TPSA) is 34.0 Å². The largest absolute Gasteiger partial charge is 0.381 e. The van der Waals surface area contributed by atoms with Crippen LogP contribution in [0.5, 0.6) is 0 Å². The van der Waals surface area contributed by atoms with Gasteiger partial charge >= 0.3 is 0 Å². The van der Waals surface area contributed by atoms with E-state index in [2.05, 4.69) is 16.5 Å². The van der Waals surface area contributed by atoms with Crippen molar-refractivity contribution in [2.75, 3.05) is 19.5 Å². The van der Waals surface area contributed by atoms with E-state index in [0.29, 0.717) is 5.92 Å². The molecule has 1 unspecified atom stereocenters. The van der Waals surface area contributed by atoms with E-state index >= 15 is 0 Å². The molecule has 0 spiro atoms. The van der Waals surface area contributed by atoms with Crippen molar-refractivity contribution >= 4 is 21.5 Å². The molecule has 0 N–H and O–H groups in total. The number of hydrogen-bond acceptors (Lipinski definition) is 3. The summed E-state index contributed by atoms with van der Waals surface area (Å²) in [6, 6.07) is 0. The normalized spacial score (nSPS) is 33.8. The van der Waals surface area contributed by atoms with Crippen LogP contribution < -0.4 is 0 Å². The molecule has 0 aliphatic carbocycles. The van der Waals surface area contributed by atoms with E-state index < -0.39 is 0 Å². The molecule has 0 bridgehead atoms. The minimum Gasteiger partial charge on any atom is -0.381 e. The van der Waals surface area contributed by atoms with Crippen LogP contribution in [0.2, 0.25) is 0 Å². The van der Waals surface area contributed by atoms with Gasteiger partial charge in [-0.05, 0) is 19.1 Å². The van der Waals surface area contributed by atoms with Crippen molar-refractivity contribution < 1.29 is 4.74 Å². The lowest BCUT2D eigenvalue weighted by atomic mass is 10.0. The molecular formula is C8H14N2OS. The fourth-order valence-electron chi connectivity index (χ4n) is 1.62. The highest BCUT2D eigenvalue weighted by atomic mass is 32.2. The Kier molecular flexibility index (Phi) is 2.46. The van der Waals surface area contributed by atoms with Gasteiger partial charge in [-0.2, -0.15) is 16.0 Å². The Labute approximate surface area is 75.2 Å². The van der Waals surface area contributed by atoms with E-state index in [4.69, 9.17) is 4.74 Å². The van der Waals surface area contributed by atoms with Crippen molar-refractivity contribution in [3.63, 3.8) is 0 Å². The minimum atomic E-state index is -0.149. The van der Waals surface area contributed by atoms with E-state index in [1.54, 1.807) is 0 Å². The first-order valence-electron chi connectivity index (χ1n) is 4.29. The van der Waals surface area contributed by atoms with Crippen LogP contribution in [0.15, 0.2) is 10.2 Å². The molecule has 0 aromatic rings. The first-order valence-corrected chi connectivity index (χ1v) is 6.15. The van der Waals surface area contributed by atoms with Gasteiger partial charge in [0.05, 0.1) is 10.6 Å². The van der Waals surface area contributed by atoms with Crippen LogP contribution in [-0.2, 0) is 4.74 Å². The summed E-state index contributed by atoms with van der Waals surface area (Å²) >= 11 is 0. The first kappa shape index (κ1) is 8.26. The molecule has 0 radical (unpaired) electrons. The van der Waals surface area contributed by atoms with Gasteiger partial charge in [-0.15, -0.1) is 5.10 Å². The third kappa shape index (κ3) is 1.54. The van der Waals surface area contributed by atoms with Gasteiger partial charge in [-0.1, -0.05) is 0 Å². The number of hydrogen-bond donors (Lipinski definition) is 1. The van der Waals surface area contributed by atoms with Gasteiger partial charge in [-0.25, -0.2) is 0 Å². The third-order valence-corrected chi connectivity index (χ3v) is 3.96. The van der Waals surface area contributed by atoms with E-state index in [1.165, 1.54) is 5.04 Å². The fraction of sp³-hybridized carbons (Fsp3) is 0.750. The van der Waals surface area contributed by atoms with Crippen LogP contribution in [0, 0.1) is 5.92 Å². The van der Waals surface area contributed by atoms with Gasteiger partial charge in [0.2, 0.25) is 0 Å². The minimum absolute atomic E-state index is 0.149. The highest BCUT2D eigenvalue weighted by Gasteiger charge is 2.23. The zero-order valence-corrected chi connectivity index (χ0v) is 8.13.